The summed E-state index contributed by atoms with van der Waals surface area (Å²) in [5, 5.41) is 0. The average molecular weight is 241 g/mol. The number of aromatic nitrogens is 1. The van der Waals surface area contributed by atoms with Crippen molar-refractivity contribution in [1.29, 1.82) is 0 Å². The van der Waals surface area contributed by atoms with Gasteiger partial charge in [-0.2, -0.15) is 0 Å². The van der Waals surface area contributed by atoms with Crippen molar-refractivity contribution in [3.05, 3.63) is 54.4 Å². The first-order chi connectivity index (χ1) is 8.72. The Balaban J connectivity index is 2.19. The highest BCUT2D eigenvalue weighted by Crippen LogP contribution is 2.23. The fourth-order valence-electron chi connectivity index (χ4n) is 1.83. The van der Waals surface area contributed by atoms with E-state index in [0.29, 0.717) is 0 Å². The highest BCUT2D eigenvalue weighted by Gasteiger charge is 2.07. The Labute approximate surface area is 108 Å². The van der Waals surface area contributed by atoms with Gasteiger partial charge < -0.3 is 10.6 Å². The van der Waals surface area contributed by atoms with Gasteiger partial charge in [0.05, 0.1) is 17.6 Å². The normalized spacial score (nSPS) is 12.2. The molecule has 1 aromatic carbocycles. The van der Waals surface area contributed by atoms with Crippen LogP contribution in [0.3, 0.4) is 0 Å². The van der Waals surface area contributed by atoms with Gasteiger partial charge in [-0.05, 0) is 30.7 Å². The first-order valence-electron chi connectivity index (χ1n) is 6.22. The van der Waals surface area contributed by atoms with Crippen LogP contribution in [0.1, 0.15) is 25.1 Å². The molecule has 2 aromatic rings. The molecule has 1 aromatic heterocycles. The quantitative estimate of drug-likeness (QED) is 0.893. The van der Waals surface area contributed by atoms with Crippen LogP contribution >= 0.6 is 0 Å². The van der Waals surface area contributed by atoms with Crippen LogP contribution in [0.2, 0.25) is 0 Å². The summed E-state index contributed by atoms with van der Waals surface area (Å²) in [7, 11) is 2.03. The molecule has 3 heteroatoms. The highest BCUT2D eigenvalue weighted by atomic mass is 15.1. The molecule has 2 N–H and O–H groups in total. The maximum atomic E-state index is 5.96. The van der Waals surface area contributed by atoms with E-state index in [-0.39, 0.29) is 6.04 Å². The van der Waals surface area contributed by atoms with Gasteiger partial charge in [0, 0.05) is 18.8 Å². The third-order valence-corrected chi connectivity index (χ3v) is 3.12. The zero-order chi connectivity index (χ0) is 13.0. The molecular formula is C15H19N3. The maximum Gasteiger partial charge on any atom is 0.0594 e. The molecule has 0 aliphatic rings. The minimum Gasteiger partial charge on any atom is -0.343 e. The van der Waals surface area contributed by atoms with Gasteiger partial charge in [0.2, 0.25) is 0 Å². The third kappa shape index (κ3) is 2.68. The second kappa shape index (κ2) is 5.65. The summed E-state index contributed by atoms with van der Waals surface area (Å²) in [6, 6.07) is 14.3. The van der Waals surface area contributed by atoms with E-state index in [2.05, 4.69) is 35.0 Å². The van der Waals surface area contributed by atoms with Gasteiger partial charge in [0.25, 0.3) is 0 Å². The summed E-state index contributed by atoms with van der Waals surface area (Å²) < 4.78 is 0. The zero-order valence-electron chi connectivity index (χ0n) is 10.9. The Morgan fingerprint density at radius 3 is 2.39 bits per heavy atom. The second-order valence-electron chi connectivity index (χ2n) is 4.35. The van der Waals surface area contributed by atoms with Crippen LogP contribution in [-0.2, 0) is 0 Å². The number of anilines is 2. The van der Waals surface area contributed by atoms with Gasteiger partial charge in [-0.15, -0.1) is 0 Å². The molecule has 0 spiro atoms. The maximum absolute atomic E-state index is 5.96. The molecule has 0 aliphatic carbocycles. The minimum absolute atomic E-state index is 0.0288. The number of hydrogen-bond acceptors (Lipinski definition) is 3. The molecule has 0 amide bonds. The van der Waals surface area contributed by atoms with Crippen LogP contribution in [0, 0.1) is 0 Å². The predicted octanol–water partition coefficient (Wildman–Crippen LogP) is 3.26. The molecule has 1 atom stereocenters. The van der Waals surface area contributed by atoms with Crippen LogP contribution in [0.5, 0.6) is 0 Å². The average Bonchev–Trinajstić information content (AvgIpc) is 2.47. The van der Waals surface area contributed by atoms with Gasteiger partial charge in [0.1, 0.15) is 0 Å². The first kappa shape index (κ1) is 12.6. The fourth-order valence-corrected chi connectivity index (χ4v) is 1.83. The number of nitrogens with zero attached hydrogens (tertiary/aromatic N) is 2. The van der Waals surface area contributed by atoms with Crippen LogP contribution < -0.4 is 10.6 Å². The topological polar surface area (TPSA) is 42.1 Å². The van der Waals surface area contributed by atoms with Gasteiger partial charge >= 0.3 is 0 Å². The standard InChI is InChI=1S/C15H19N3/c1-3-14(16)15-10-9-13(11-17-15)18(2)12-7-5-4-6-8-12/h4-11,14H,3,16H2,1-2H3. The number of pyridine rings is 1. The Bertz CT molecular complexity index is 479. The molecule has 18 heavy (non-hydrogen) atoms. The second-order valence-corrected chi connectivity index (χ2v) is 4.35. The lowest BCUT2D eigenvalue weighted by Crippen LogP contribution is -2.13. The SMILES string of the molecule is CCC(N)c1ccc(N(C)c2ccccc2)cn1. The van der Waals surface area contributed by atoms with E-state index >= 15 is 0 Å². The summed E-state index contributed by atoms with van der Waals surface area (Å²) in [6.45, 7) is 2.07. The van der Waals surface area contributed by atoms with Crippen LogP contribution in [0.4, 0.5) is 11.4 Å². The van der Waals surface area contributed by atoms with Crippen molar-refractivity contribution in [2.75, 3.05) is 11.9 Å². The minimum atomic E-state index is 0.0288. The number of para-hydroxylation sites is 1. The highest BCUT2D eigenvalue weighted by molar-refractivity contribution is 5.61. The van der Waals surface area contributed by atoms with Gasteiger partial charge in [-0.25, -0.2) is 0 Å². The Morgan fingerprint density at radius 1 is 1.11 bits per heavy atom. The molecule has 0 radical (unpaired) electrons. The first-order valence-corrected chi connectivity index (χ1v) is 6.22. The van der Waals surface area contributed by atoms with Crippen LogP contribution in [-0.4, -0.2) is 12.0 Å². The number of nitrogens with two attached hydrogens (primary N) is 1. The summed E-state index contributed by atoms with van der Waals surface area (Å²) >= 11 is 0. The van der Waals surface area contributed by atoms with E-state index in [4.69, 9.17) is 5.73 Å². The van der Waals surface area contributed by atoms with Gasteiger partial charge in [0.15, 0.2) is 0 Å². The number of rotatable bonds is 4. The molecule has 0 saturated carbocycles. The largest absolute Gasteiger partial charge is 0.343 e. The van der Waals surface area contributed by atoms with Crippen molar-refractivity contribution in [3.8, 4) is 0 Å². The number of hydrogen-bond donors (Lipinski definition) is 1. The molecular weight excluding hydrogens is 222 g/mol. The molecule has 0 fully saturated rings. The van der Waals surface area contributed by atoms with Crippen LogP contribution in [0.25, 0.3) is 0 Å². The van der Waals surface area contributed by atoms with Crippen LogP contribution in [0.15, 0.2) is 48.7 Å². The monoisotopic (exact) mass is 241 g/mol. The Kier molecular flexibility index (Phi) is 3.95. The van der Waals surface area contributed by atoms with E-state index < -0.39 is 0 Å². The molecule has 0 aliphatic heterocycles. The van der Waals surface area contributed by atoms with Crippen molar-refractivity contribution in [1.82, 2.24) is 4.98 Å². The van der Waals surface area contributed by atoms with Gasteiger partial charge in [-0.1, -0.05) is 25.1 Å². The van der Waals surface area contributed by atoms with Gasteiger partial charge in [-0.3, -0.25) is 4.98 Å². The molecule has 94 valence electrons. The van der Waals surface area contributed by atoms with E-state index in [1.54, 1.807) is 0 Å². The van der Waals surface area contributed by atoms with E-state index in [1.807, 2.05) is 37.5 Å². The molecule has 1 unspecified atom stereocenters. The summed E-state index contributed by atoms with van der Waals surface area (Å²) in [5.41, 5.74) is 9.11. The van der Waals surface area contributed by atoms with E-state index in [1.165, 1.54) is 0 Å². The lowest BCUT2D eigenvalue weighted by Gasteiger charge is -2.19. The summed E-state index contributed by atoms with van der Waals surface area (Å²) in [4.78, 5) is 6.53. The Hall–Kier alpha value is -1.87. The Morgan fingerprint density at radius 2 is 1.83 bits per heavy atom. The van der Waals surface area contributed by atoms with Crippen molar-refractivity contribution < 1.29 is 0 Å². The smallest absolute Gasteiger partial charge is 0.0594 e. The van der Waals surface area contributed by atoms with Crippen molar-refractivity contribution in [2.24, 2.45) is 5.73 Å². The third-order valence-electron chi connectivity index (χ3n) is 3.12. The lowest BCUT2D eigenvalue weighted by molar-refractivity contribution is 0.675. The molecule has 2 rings (SSSR count). The summed E-state index contributed by atoms with van der Waals surface area (Å²) in [6.07, 6.45) is 2.78. The van der Waals surface area contributed by atoms with E-state index in [9.17, 15) is 0 Å². The summed E-state index contributed by atoms with van der Waals surface area (Å²) in [5.74, 6) is 0. The fraction of sp³-hybridized carbons (Fsp3) is 0.267. The van der Waals surface area contributed by atoms with Crippen molar-refractivity contribution >= 4 is 11.4 Å². The van der Waals surface area contributed by atoms with Crippen molar-refractivity contribution in [3.63, 3.8) is 0 Å². The predicted molar refractivity (Wildman–Crippen MR) is 76.0 cm³/mol. The zero-order valence-corrected chi connectivity index (χ0v) is 10.9. The molecule has 0 bridgehead atoms. The number of benzene rings is 1. The molecule has 1 heterocycles. The van der Waals surface area contributed by atoms with Crippen molar-refractivity contribution in [2.45, 2.75) is 19.4 Å². The lowest BCUT2D eigenvalue weighted by atomic mass is 10.1. The van der Waals surface area contributed by atoms with E-state index in [0.717, 1.165) is 23.5 Å². The molecule has 3 nitrogen and oxygen atoms in total. The molecule has 0 saturated heterocycles.